The van der Waals surface area contributed by atoms with Gasteiger partial charge in [0, 0.05) is 11.6 Å². The quantitative estimate of drug-likeness (QED) is 0.239. The van der Waals surface area contributed by atoms with E-state index in [0.29, 0.717) is 49.6 Å². The minimum absolute atomic E-state index is 0.0130. The smallest absolute Gasteiger partial charge is 0.411 e. The normalized spacial score (nSPS) is 14.5. The Morgan fingerprint density at radius 2 is 2.03 bits per heavy atom. The van der Waals surface area contributed by atoms with Crippen LogP contribution in [0.3, 0.4) is 0 Å². The maximum Gasteiger partial charge on any atom is 0.411 e. The van der Waals surface area contributed by atoms with E-state index in [1.807, 2.05) is 19.1 Å². The number of thiazole rings is 1. The van der Waals surface area contributed by atoms with Gasteiger partial charge in [-0.2, -0.15) is 0 Å². The van der Waals surface area contributed by atoms with Crippen molar-refractivity contribution in [3.05, 3.63) is 58.5 Å². The lowest BCUT2D eigenvalue weighted by Gasteiger charge is -2.30. The number of aromatic nitrogens is 4. The fourth-order valence-electron chi connectivity index (χ4n) is 4.35. The molecular weight excluding hydrogens is 565 g/mol. The molecule has 0 unspecified atom stereocenters. The lowest BCUT2D eigenvalue weighted by Crippen LogP contribution is -2.43. The third-order valence-corrected chi connectivity index (χ3v) is 7.70. The first-order chi connectivity index (χ1) is 18.8. The molecule has 0 saturated carbocycles. The van der Waals surface area contributed by atoms with Crippen LogP contribution in [0, 0.1) is 6.92 Å². The molecule has 0 aliphatic carbocycles. The average Bonchev–Trinajstić information content (AvgIpc) is 3.37. The Morgan fingerprint density at radius 3 is 2.77 bits per heavy atom. The van der Waals surface area contributed by atoms with Gasteiger partial charge in [0.2, 0.25) is 5.88 Å². The van der Waals surface area contributed by atoms with E-state index < -0.39 is 12.2 Å². The van der Waals surface area contributed by atoms with Crippen LogP contribution in [0.25, 0.3) is 31.8 Å². The highest BCUT2D eigenvalue weighted by Gasteiger charge is 2.30. The molecule has 198 valence electrons. The Hall–Kier alpha value is -3.93. The second-order valence-corrected chi connectivity index (χ2v) is 10.6. The molecule has 3 aromatic heterocycles. The maximum absolute atomic E-state index is 11.9. The largest absolute Gasteiger partial charge is 0.484 e. The van der Waals surface area contributed by atoms with Gasteiger partial charge in [-0.15, -0.1) is 11.3 Å². The standard InChI is InChI=1S/C26H19Cl2N5O5S/c1-12-5-15(21-17(6-12)31-20(36-2)9-30-21)25-32-22-16(27)7-18-23(24(22)39-25)37-11-14(38-18)10-33(26(34)35)13-3-4-19(28)29-8-13/h3-9,14H,10-11H2,1-2H3,(H,34,35)/t14-/m1/s1. The topological polar surface area (TPSA) is 120 Å². The molecule has 0 saturated heterocycles. The fraction of sp³-hybridized carbons (Fsp3) is 0.192. The van der Waals surface area contributed by atoms with Crippen LogP contribution in [0.5, 0.6) is 17.4 Å². The number of nitrogens with zero attached hydrogens (tertiary/aromatic N) is 5. The van der Waals surface area contributed by atoms with Crippen molar-refractivity contribution in [3.8, 4) is 28.0 Å². The first-order valence-electron chi connectivity index (χ1n) is 11.7. The summed E-state index contributed by atoms with van der Waals surface area (Å²) in [5.41, 5.74) is 4.13. The number of hydrogen-bond acceptors (Lipinski definition) is 9. The number of benzene rings is 2. The number of methoxy groups -OCH3 is 1. The van der Waals surface area contributed by atoms with E-state index in [-0.39, 0.29) is 18.3 Å². The van der Waals surface area contributed by atoms with Crippen LogP contribution in [-0.4, -0.2) is 57.5 Å². The number of hydrogen-bond donors (Lipinski definition) is 1. The molecule has 2 aromatic carbocycles. The van der Waals surface area contributed by atoms with E-state index >= 15 is 0 Å². The summed E-state index contributed by atoms with van der Waals surface area (Å²) >= 11 is 13.9. The summed E-state index contributed by atoms with van der Waals surface area (Å²) in [4.78, 5) is 30.9. The number of carbonyl (C=O) groups is 1. The van der Waals surface area contributed by atoms with E-state index in [1.54, 1.807) is 25.4 Å². The number of anilines is 1. The zero-order valence-electron chi connectivity index (χ0n) is 20.5. The molecule has 1 amide bonds. The fourth-order valence-corrected chi connectivity index (χ4v) is 5.85. The van der Waals surface area contributed by atoms with Crippen LogP contribution in [0.4, 0.5) is 10.5 Å². The number of pyridine rings is 1. The van der Waals surface area contributed by atoms with Crippen molar-refractivity contribution in [1.29, 1.82) is 0 Å². The molecule has 39 heavy (non-hydrogen) atoms. The van der Waals surface area contributed by atoms with Crippen molar-refractivity contribution in [1.82, 2.24) is 19.9 Å². The van der Waals surface area contributed by atoms with Crippen LogP contribution in [0.1, 0.15) is 5.56 Å². The van der Waals surface area contributed by atoms with Gasteiger partial charge in [-0.05, 0) is 36.8 Å². The first kappa shape index (κ1) is 25.4. The Kier molecular flexibility index (Phi) is 6.49. The molecule has 0 spiro atoms. The molecule has 6 rings (SSSR count). The number of fused-ring (bicyclic) bond motifs is 4. The molecule has 10 nitrogen and oxygen atoms in total. The molecule has 0 bridgehead atoms. The molecule has 0 radical (unpaired) electrons. The molecule has 1 N–H and O–H groups in total. The number of ether oxygens (including phenoxy) is 3. The van der Waals surface area contributed by atoms with Crippen molar-refractivity contribution in [2.24, 2.45) is 0 Å². The van der Waals surface area contributed by atoms with E-state index in [9.17, 15) is 9.90 Å². The summed E-state index contributed by atoms with van der Waals surface area (Å²) in [6, 6.07) is 8.69. The SMILES string of the molecule is COc1cnc2c(-c3nc4c(Cl)cc5c(c4s3)OC[C@@H](CN(C(=O)O)c3ccc(Cl)nc3)O5)cc(C)cc2n1. The Bertz CT molecular complexity index is 1750. The van der Waals surface area contributed by atoms with Gasteiger partial charge >= 0.3 is 6.09 Å². The molecule has 5 aromatic rings. The van der Waals surface area contributed by atoms with E-state index in [4.69, 9.17) is 42.4 Å². The molecule has 1 aliphatic heterocycles. The van der Waals surface area contributed by atoms with Gasteiger partial charge in [0.1, 0.15) is 27.0 Å². The number of halogens is 2. The zero-order chi connectivity index (χ0) is 27.3. The van der Waals surface area contributed by atoms with Crippen LogP contribution in [0.2, 0.25) is 10.2 Å². The number of carboxylic acid groups (broad SMARTS) is 1. The summed E-state index contributed by atoms with van der Waals surface area (Å²) in [5.74, 6) is 1.35. The van der Waals surface area contributed by atoms with Gasteiger partial charge in [-0.1, -0.05) is 23.2 Å². The van der Waals surface area contributed by atoms with Gasteiger partial charge in [-0.3, -0.25) is 4.90 Å². The van der Waals surface area contributed by atoms with Crippen LogP contribution >= 0.6 is 34.5 Å². The van der Waals surface area contributed by atoms with Gasteiger partial charge < -0.3 is 19.3 Å². The summed E-state index contributed by atoms with van der Waals surface area (Å²) in [6.45, 7) is 2.11. The molecule has 4 heterocycles. The molecule has 1 aliphatic rings. The van der Waals surface area contributed by atoms with E-state index in [0.717, 1.165) is 20.7 Å². The number of rotatable bonds is 5. The van der Waals surface area contributed by atoms with Crippen molar-refractivity contribution in [2.45, 2.75) is 13.0 Å². The highest BCUT2D eigenvalue weighted by atomic mass is 35.5. The Labute approximate surface area is 235 Å². The highest BCUT2D eigenvalue weighted by Crippen LogP contribution is 2.47. The second-order valence-electron chi connectivity index (χ2n) is 8.76. The number of amides is 1. The van der Waals surface area contributed by atoms with Crippen molar-refractivity contribution >= 4 is 67.6 Å². The number of aryl methyl sites for hydroxylation is 1. The zero-order valence-corrected chi connectivity index (χ0v) is 22.8. The predicted molar refractivity (Wildman–Crippen MR) is 149 cm³/mol. The van der Waals surface area contributed by atoms with Gasteiger partial charge in [0.25, 0.3) is 0 Å². The lowest BCUT2D eigenvalue weighted by molar-refractivity contribution is 0.0962. The molecule has 13 heteroatoms. The van der Waals surface area contributed by atoms with Crippen LogP contribution < -0.4 is 19.1 Å². The summed E-state index contributed by atoms with van der Waals surface area (Å²) in [6.07, 6.45) is 1.22. The molecule has 1 atom stereocenters. The Balaban J connectivity index is 1.35. The highest BCUT2D eigenvalue weighted by molar-refractivity contribution is 7.22. The van der Waals surface area contributed by atoms with Crippen molar-refractivity contribution in [3.63, 3.8) is 0 Å². The first-order valence-corrected chi connectivity index (χ1v) is 13.2. The third kappa shape index (κ3) is 4.73. The molecule has 0 fully saturated rings. The monoisotopic (exact) mass is 583 g/mol. The minimum atomic E-state index is -1.15. The minimum Gasteiger partial charge on any atom is -0.484 e. The average molecular weight is 584 g/mol. The van der Waals surface area contributed by atoms with Gasteiger partial charge in [0.15, 0.2) is 17.6 Å². The van der Waals surface area contributed by atoms with Gasteiger partial charge in [0.05, 0.1) is 47.8 Å². The van der Waals surface area contributed by atoms with E-state index in [2.05, 4.69) is 15.0 Å². The summed E-state index contributed by atoms with van der Waals surface area (Å²) < 4.78 is 18.2. The van der Waals surface area contributed by atoms with Crippen LogP contribution in [0.15, 0.2) is 42.7 Å². The van der Waals surface area contributed by atoms with Crippen LogP contribution in [-0.2, 0) is 0 Å². The lowest BCUT2D eigenvalue weighted by atomic mass is 10.1. The predicted octanol–water partition coefficient (Wildman–Crippen LogP) is 6.25. The second kappa shape index (κ2) is 9.99. The molecular formula is C26H19Cl2N5O5S. The maximum atomic E-state index is 11.9. The Morgan fingerprint density at radius 1 is 1.18 bits per heavy atom. The van der Waals surface area contributed by atoms with Gasteiger partial charge in [-0.25, -0.2) is 24.7 Å². The third-order valence-electron chi connectivity index (χ3n) is 6.10. The van der Waals surface area contributed by atoms with Crippen molar-refractivity contribution < 1.29 is 24.1 Å². The summed E-state index contributed by atoms with van der Waals surface area (Å²) in [5, 5.41) is 11.1. The van der Waals surface area contributed by atoms with E-state index in [1.165, 1.54) is 23.6 Å². The van der Waals surface area contributed by atoms with Crippen molar-refractivity contribution in [2.75, 3.05) is 25.2 Å². The summed E-state index contributed by atoms with van der Waals surface area (Å²) in [7, 11) is 1.55.